The Morgan fingerprint density at radius 2 is 1.53 bits per heavy atom. The Morgan fingerprint density at radius 1 is 0.941 bits per heavy atom. The number of benzene rings is 1. The van der Waals surface area contributed by atoms with E-state index in [1.807, 2.05) is 31.4 Å². The van der Waals surface area contributed by atoms with Gasteiger partial charge in [-0.05, 0) is 18.1 Å². The van der Waals surface area contributed by atoms with E-state index < -0.39 is 0 Å². The van der Waals surface area contributed by atoms with Gasteiger partial charge in [-0.15, -0.1) is 0 Å². The predicted molar refractivity (Wildman–Crippen MR) is 70.3 cm³/mol. The highest BCUT2D eigenvalue weighted by atomic mass is 15.2. The Bertz CT molecular complexity index is 472. The minimum Gasteiger partial charge on any atom is -0.347 e. The highest BCUT2D eigenvalue weighted by Crippen LogP contribution is 2.10. The molecule has 3 nitrogen and oxygen atoms in total. The minimum atomic E-state index is 0.748. The lowest BCUT2D eigenvalue weighted by Gasteiger charge is -2.09. The van der Waals surface area contributed by atoms with E-state index in [0.29, 0.717) is 0 Å². The van der Waals surface area contributed by atoms with Crippen molar-refractivity contribution in [3.05, 3.63) is 53.3 Å². The second-order valence-electron chi connectivity index (χ2n) is 4.45. The van der Waals surface area contributed by atoms with Crippen LogP contribution in [0.3, 0.4) is 0 Å². The predicted octanol–water partition coefficient (Wildman–Crippen LogP) is 2.44. The van der Waals surface area contributed by atoms with Gasteiger partial charge in [0.25, 0.3) is 0 Å². The first-order valence-electron chi connectivity index (χ1n) is 5.69. The van der Waals surface area contributed by atoms with Gasteiger partial charge in [0.15, 0.2) is 0 Å². The Balaban J connectivity index is 2.11. The van der Waals surface area contributed by atoms with Crippen LogP contribution in [-0.2, 0) is 6.42 Å². The molecule has 0 spiro atoms. The molecular weight excluding hydrogens is 210 g/mol. The summed E-state index contributed by atoms with van der Waals surface area (Å²) >= 11 is 0. The fourth-order valence-corrected chi connectivity index (χ4v) is 1.61. The summed E-state index contributed by atoms with van der Waals surface area (Å²) in [5.74, 6) is 0.748. The number of hydrogen-bond donors (Lipinski definition) is 0. The summed E-state index contributed by atoms with van der Waals surface area (Å²) in [6.07, 6.45) is 4.67. The van der Waals surface area contributed by atoms with Gasteiger partial charge in [-0.25, -0.2) is 9.97 Å². The van der Waals surface area contributed by atoms with E-state index in [0.717, 1.165) is 17.9 Å². The van der Waals surface area contributed by atoms with E-state index >= 15 is 0 Å². The lowest BCUT2D eigenvalue weighted by molar-refractivity contribution is 0.975. The number of anilines is 1. The molecule has 0 amide bonds. The second kappa shape index (κ2) is 4.95. The quantitative estimate of drug-likeness (QED) is 0.806. The van der Waals surface area contributed by atoms with Crippen LogP contribution in [0.15, 0.2) is 36.7 Å². The molecule has 0 saturated heterocycles. The van der Waals surface area contributed by atoms with Gasteiger partial charge in [-0.2, -0.15) is 0 Å². The minimum absolute atomic E-state index is 0.748. The van der Waals surface area contributed by atoms with Crippen molar-refractivity contribution in [1.29, 1.82) is 0 Å². The van der Waals surface area contributed by atoms with E-state index in [-0.39, 0.29) is 0 Å². The average Bonchev–Trinajstić information content (AvgIpc) is 2.33. The molecule has 0 bridgehead atoms. The van der Waals surface area contributed by atoms with Gasteiger partial charge in [0.05, 0.1) is 0 Å². The molecular formula is C14H17N3. The molecule has 2 aromatic rings. The fourth-order valence-electron chi connectivity index (χ4n) is 1.61. The zero-order valence-corrected chi connectivity index (χ0v) is 10.5. The molecule has 0 fully saturated rings. The Kier molecular flexibility index (Phi) is 3.38. The highest BCUT2D eigenvalue weighted by Gasteiger charge is 2.00. The molecule has 17 heavy (non-hydrogen) atoms. The van der Waals surface area contributed by atoms with Crippen LogP contribution in [0.4, 0.5) is 5.95 Å². The van der Waals surface area contributed by atoms with E-state index in [2.05, 4.69) is 41.2 Å². The molecule has 3 heteroatoms. The van der Waals surface area contributed by atoms with Crippen molar-refractivity contribution in [2.24, 2.45) is 0 Å². The van der Waals surface area contributed by atoms with Crippen molar-refractivity contribution >= 4 is 5.95 Å². The number of hydrogen-bond acceptors (Lipinski definition) is 3. The molecule has 0 aliphatic rings. The lowest BCUT2D eigenvalue weighted by Crippen LogP contribution is -2.12. The van der Waals surface area contributed by atoms with Crippen LogP contribution in [0.5, 0.6) is 0 Å². The first kappa shape index (κ1) is 11.6. The molecule has 0 atom stereocenters. The van der Waals surface area contributed by atoms with Gasteiger partial charge in [-0.1, -0.05) is 29.8 Å². The van der Waals surface area contributed by atoms with Crippen LogP contribution in [-0.4, -0.2) is 24.1 Å². The maximum atomic E-state index is 4.31. The van der Waals surface area contributed by atoms with Gasteiger partial charge in [0.2, 0.25) is 5.95 Å². The number of aryl methyl sites for hydroxylation is 1. The molecule has 0 aliphatic heterocycles. The monoisotopic (exact) mass is 227 g/mol. The molecule has 88 valence electrons. The summed E-state index contributed by atoms with van der Waals surface area (Å²) < 4.78 is 0. The molecule has 0 aliphatic carbocycles. The summed E-state index contributed by atoms with van der Waals surface area (Å²) in [6.45, 7) is 2.10. The lowest BCUT2D eigenvalue weighted by atomic mass is 10.1. The standard InChI is InChI=1S/C14H17N3/c1-11-4-6-12(7-5-11)8-13-9-15-14(16-10-13)17(2)3/h4-7,9-10H,8H2,1-3H3. The van der Waals surface area contributed by atoms with Gasteiger partial charge >= 0.3 is 0 Å². The highest BCUT2D eigenvalue weighted by molar-refractivity contribution is 5.30. The van der Waals surface area contributed by atoms with E-state index in [9.17, 15) is 0 Å². The normalized spacial score (nSPS) is 10.3. The van der Waals surface area contributed by atoms with Crippen molar-refractivity contribution in [3.63, 3.8) is 0 Å². The van der Waals surface area contributed by atoms with Gasteiger partial charge in [0.1, 0.15) is 0 Å². The molecule has 0 unspecified atom stereocenters. The molecule has 0 radical (unpaired) electrons. The van der Waals surface area contributed by atoms with E-state index in [1.54, 1.807) is 0 Å². The summed E-state index contributed by atoms with van der Waals surface area (Å²) in [5.41, 5.74) is 3.71. The van der Waals surface area contributed by atoms with Crippen molar-refractivity contribution in [2.45, 2.75) is 13.3 Å². The SMILES string of the molecule is Cc1ccc(Cc2cnc(N(C)C)nc2)cc1. The average molecular weight is 227 g/mol. The van der Waals surface area contributed by atoms with Crippen molar-refractivity contribution in [1.82, 2.24) is 9.97 Å². The van der Waals surface area contributed by atoms with Gasteiger partial charge in [-0.3, -0.25) is 0 Å². The van der Waals surface area contributed by atoms with Crippen molar-refractivity contribution < 1.29 is 0 Å². The number of aromatic nitrogens is 2. The molecule has 1 aromatic heterocycles. The van der Waals surface area contributed by atoms with E-state index in [1.165, 1.54) is 11.1 Å². The van der Waals surface area contributed by atoms with Crippen LogP contribution >= 0.6 is 0 Å². The molecule has 1 heterocycles. The number of nitrogens with zero attached hydrogens (tertiary/aromatic N) is 3. The first-order chi connectivity index (χ1) is 8.15. The summed E-state index contributed by atoms with van der Waals surface area (Å²) in [6, 6.07) is 8.55. The topological polar surface area (TPSA) is 29.0 Å². The van der Waals surface area contributed by atoms with Crippen LogP contribution in [0.25, 0.3) is 0 Å². The largest absolute Gasteiger partial charge is 0.347 e. The maximum Gasteiger partial charge on any atom is 0.224 e. The van der Waals surface area contributed by atoms with Crippen LogP contribution < -0.4 is 4.90 Å². The number of rotatable bonds is 3. The van der Waals surface area contributed by atoms with E-state index in [4.69, 9.17) is 0 Å². The molecule has 0 saturated carbocycles. The maximum absolute atomic E-state index is 4.31. The third-order valence-corrected chi connectivity index (χ3v) is 2.62. The van der Waals surface area contributed by atoms with Crippen LogP contribution in [0, 0.1) is 6.92 Å². The Morgan fingerprint density at radius 3 is 2.06 bits per heavy atom. The van der Waals surface area contributed by atoms with Gasteiger partial charge in [0, 0.05) is 32.9 Å². The second-order valence-corrected chi connectivity index (χ2v) is 4.45. The van der Waals surface area contributed by atoms with Crippen molar-refractivity contribution in [2.75, 3.05) is 19.0 Å². The van der Waals surface area contributed by atoms with Crippen LogP contribution in [0.2, 0.25) is 0 Å². The zero-order valence-electron chi connectivity index (χ0n) is 10.5. The molecule has 2 rings (SSSR count). The summed E-state index contributed by atoms with van der Waals surface area (Å²) in [7, 11) is 3.88. The van der Waals surface area contributed by atoms with Crippen LogP contribution in [0.1, 0.15) is 16.7 Å². The smallest absolute Gasteiger partial charge is 0.224 e. The third-order valence-electron chi connectivity index (χ3n) is 2.62. The van der Waals surface area contributed by atoms with Gasteiger partial charge < -0.3 is 4.90 Å². The summed E-state index contributed by atoms with van der Waals surface area (Å²) in [5, 5.41) is 0. The first-order valence-corrected chi connectivity index (χ1v) is 5.69. The Labute approximate surface area is 102 Å². The Hall–Kier alpha value is -1.90. The molecule has 1 aromatic carbocycles. The fraction of sp³-hybridized carbons (Fsp3) is 0.286. The molecule has 0 N–H and O–H groups in total. The zero-order chi connectivity index (χ0) is 12.3. The summed E-state index contributed by atoms with van der Waals surface area (Å²) in [4.78, 5) is 10.5. The van der Waals surface area contributed by atoms with Crippen molar-refractivity contribution in [3.8, 4) is 0 Å². The third kappa shape index (κ3) is 3.03.